The molecule has 0 N–H and O–H groups in total. The molecule has 6 aromatic rings. The first-order valence-corrected chi connectivity index (χ1v) is 51.8. The van der Waals surface area contributed by atoms with Crippen molar-refractivity contribution in [2.45, 2.75) is 376 Å². The fourth-order valence-electron chi connectivity index (χ4n) is 20.8. The smallest absolute Gasteiger partial charge is 0.306 e. The molecule has 0 unspecified atom stereocenters. The predicted molar refractivity (Wildman–Crippen MR) is 527 cm³/mol. The first kappa shape index (κ1) is 101. The fraction of sp³-hybridized carbons (Fsp3) is 0.643. The summed E-state index contributed by atoms with van der Waals surface area (Å²) in [5.41, 5.74) is 7.84. The van der Waals surface area contributed by atoms with E-state index in [1.54, 1.807) is 5.57 Å². The summed E-state index contributed by atoms with van der Waals surface area (Å²) in [5, 5.41) is 8.94. The van der Waals surface area contributed by atoms with Gasteiger partial charge >= 0.3 is 5.97 Å². The van der Waals surface area contributed by atoms with Crippen LogP contribution in [0.5, 0.6) is 46.0 Å². The van der Waals surface area contributed by atoms with Crippen LogP contribution in [0.2, 0.25) is 0 Å². The van der Waals surface area contributed by atoms with Gasteiger partial charge in [0.2, 0.25) is 5.75 Å². The van der Waals surface area contributed by atoms with Gasteiger partial charge in [0, 0.05) is 18.4 Å². The average Bonchev–Trinajstić information content (AvgIpc) is 1.64. The monoisotopic (exact) mass is 1740 g/mol. The summed E-state index contributed by atoms with van der Waals surface area (Å²) in [7, 11) is 0. The molecule has 0 radical (unpaired) electrons. The van der Waals surface area contributed by atoms with Crippen LogP contribution >= 0.6 is 0 Å². The summed E-state index contributed by atoms with van der Waals surface area (Å²) in [6.45, 7) is 24.4. The predicted octanol–water partition coefficient (Wildman–Crippen LogP) is 33.4. The van der Waals surface area contributed by atoms with Crippen molar-refractivity contribution in [3.8, 4) is 69.0 Å². The van der Waals surface area contributed by atoms with Crippen LogP contribution < -0.4 is 37.9 Å². The molecule has 4 aliphatic carbocycles. The Hall–Kier alpha value is -7.91. The highest BCUT2D eigenvalue weighted by Crippen LogP contribution is 2.67. The van der Waals surface area contributed by atoms with E-state index < -0.39 is 0 Å². The van der Waals surface area contributed by atoms with Gasteiger partial charge in [-0.2, -0.15) is 10.2 Å². The van der Waals surface area contributed by atoms with Crippen LogP contribution in [-0.4, -0.2) is 64.9 Å². The number of fused-ring (bicyclic) bond motifs is 5. The first-order chi connectivity index (χ1) is 62.3. The largest absolute Gasteiger partial charge is 0.494 e. The maximum atomic E-state index is 13.2. The Morgan fingerprint density at radius 1 is 0.386 bits per heavy atom. The molecular weight excluding hydrogens is 1570 g/mol. The van der Waals surface area contributed by atoms with Gasteiger partial charge in [0.15, 0.2) is 11.5 Å². The lowest BCUT2D eigenvalue weighted by Gasteiger charge is -2.58. The van der Waals surface area contributed by atoms with E-state index >= 15 is 0 Å². The van der Waals surface area contributed by atoms with Crippen LogP contribution in [0.4, 0.5) is 11.4 Å². The van der Waals surface area contributed by atoms with Gasteiger partial charge in [-0.25, -0.2) is 0 Å². The Bertz CT molecular complexity index is 4090. The minimum Gasteiger partial charge on any atom is -0.494 e. The number of hydrogen-bond acceptors (Lipinski definition) is 12. The molecule has 6 aromatic carbocycles. The topological polar surface area (TPSA) is 125 Å². The Kier molecular flexibility index (Phi) is 46.8. The first-order valence-electron chi connectivity index (χ1n) is 51.8. The van der Waals surface area contributed by atoms with Crippen molar-refractivity contribution in [1.82, 2.24) is 0 Å². The maximum absolute atomic E-state index is 13.2. The number of esters is 1. The number of carbonyl (C=O) groups excluding carboxylic acids is 1. The quantitative estimate of drug-likeness (QED) is 0.0120. The molecule has 12 nitrogen and oxygen atoms in total. The van der Waals surface area contributed by atoms with E-state index in [2.05, 4.69) is 120 Å². The number of unbranched alkanes of at least 4 members (excludes halogenated alkanes) is 31. The highest BCUT2D eigenvalue weighted by Gasteiger charge is 2.59. The highest BCUT2D eigenvalue weighted by atomic mass is 16.5. The van der Waals surface area contributed by atoms with E-state index in [-0.39, 0.29) is 17.5 Å². The van der Waals surface area contributed by atoms with Crippen molar-refractivity contribution in [2.24, 2.45) is 56.6 Å². The molecule has 3 saturated carbocycles. The van der Waals surface area contributed by atoms with Crippen LogP contribution in [0, 0.1) is 58.2 Å². The van der Waals surface area contributed by atoms with Crippen LogP contribution in [-0.2, 0) is 9.53 Å². The van der Waals surface area contributed by atoms with Gasteiger partial charge in [0.25, 0.3) is 0 Å². The number of carbonyl (C=O) groups is 1. The van der Waals surface area contributed by atoms with Crippen molar-refractivity contribution >= 4 is 17.3 Å². The summed E-state index contributed by atoms with van der Waals surface area (Å²) in [5.74, 6) is 18.2. The molecule has 10 rings (SSSR count). The second-order valence-electron chi connectivity index (χ2n) is 39.0. The lowest BCUT2D eigenvalue weighted by atomic mass is 9.47. The van der Waals surface area contributed by atoms with E-state index in [1.165, 1.54) is 212 Å². The van der Waals surface area contributed by atoms with Crippen LogP contribution in [0.15, 0.2) is 155 Å². The average molecular weight is 1740 g/mol. The van der Waals surface area contributed by atoms with Crippen molar-refractivity contribution in [2.75, 3.05) is 52.9 Å². The van der Waals surface area contributed by atoms with E-state index in [4.69, 9.17) is 42.6 Å². The molecule has 4 aliphatic rings. The molecule has 698 valence electrons. The molecule has 0 heterocycles. The number of nitrogens with zero attached hydrogens (tertiary/aromatic N) is 2. The van der Waals surface area contributed by atoms with E-state index in [0.29, 0.717) is 70.4 Å². The molecule has 0 amide bonds. The van der Waals surface area contributed by atoms with Crippen molar-refractivity contribution < 1.29 is 47.4 Å². The van der Waals surface area contributed by atoms with Crippen LogP contribution in [0.25, 0.3) is 11.1 Å². The Morgan fingerprint density at radius 3 is 1.25 bits per heavy atom. The Balaban J connectivity index is 0.563. The number of benzene rings is 6. The van der Waals surface area contributed by atoms with Gasteiger partial charge in [-0.1, -0.05) is 296 Å². The highest BCUT2D eigenvalue weighted by molar-refractivity contribution is 5.69. The number of ether oxygens (including phenoxy) is 9. The fourth-order valence-corrected chi connectivity index (χ4v) is 20.8. The van der Waals surface area contributed by atoms with Gasteiger partial charge < -0.3 is 42.6 Å². The third-order valence-electron chi connectivity index (χ3n) is 28.5. The molecule has 0 aromatic heterocycles. The molecule has 8 atom stereocenters. The number of rotatable bonds is 66. The third kappa shape index (κ3) is 35.7. The second kappa shape index (κ2) is 58.7. The standard InChI is InChI=1S/C115H168N2O10/c1-9-12-15-18-21-24-27-30-33-38-87-124-110-77-58-96(112(125-88-39-34-31-28-25-22-19-16-13-10-2)113(110)126-89-40-35-32-29-26-23-20-17-14-11-3)53-50-93-51-64-100(65-52-93)119-82-41-36-42-83-120-103-70-60-98(61-71-103)116-117-99-62-72-104(73-63-99)123-86-45-44-85-122-102-68-56-95(57-69-102)94-54-66-101(67-55-94)121-84-43-37-49-111(118)127-105-78-80-114(7)97(90-105)59-74-106-108-76-75-107(92(6)48-46-47-91(4)5)115(108,8)81-79-109(106)114/h51-52,54-73,77,91-92,105-109H,9-49,74-76,78-90H2,1-8H3/t92-,105+,106+,107-,108+,109+,114+,115-/m1/s1. The van der Waals surface area contributed by atoms with E-state index in [1.807, 2.05) is 97.1 Å². The minimum absolute atomic E-state index is 0.0107. The molecule has 0 aliphatic heterocycles. The SMILES string of the molecule is CCCCCCCCCCCCOc1ccc(C#Cc2ccc(OCCCCCOc3ccc(N=Nc4ccc(OCCCCOc5ccc(-c6ccc(OCCCCC(=O)O[C@H]7CC[C@@]8(C)C(=CC[C@H]9[C@@H]%10CC[C@H]([C@H](C)CCCC(C)C)[C@@]%10(C)CC[C@@H]98)C7)cc6)cc5)cc4)cc3)cc2)c(OCCCCCCCCCCCC)c1OCCCCCCCCCCCC. The molecule has 0 bridgehead atoms. The Morgan fingerprint density at radius 2 is 0.787 bits per heavy atom. The van der Waals surface area contributed by atoms with Crippen LogP contribution in [0.3, 0.4) is 0 Å². The maximum Gasteiger partial charge on any atom is 0.306 e. The lowest BCUT2D eigenvalue weighted by Crippen LogP contribution is -2.51. The second-order valence-corrected chi connectivity index (χ2v) is 39.0. The van der Waals surface area contributed by atoms with Crippen LogP contribution in [0.1, 0.15) is 381 Å². The molecular formula is C115H168N2O10. The summed E-state index contributed by atoms with van der Waals surface area (Å²) >= 11 is 0. The summed E-state index contributed by atoms with van der Waals surface area (Å²) < 4.78 is 56.9. The minimum atomic E-state index is -0.0569. The summed E-state index contributed by atoms with van der Waals surface area (Å²) in [6.07, 6.45) is 61.8. The zero-order valence-corrected chi connectivity index (χ0v) is 80.6. The van der Waals surface area contributed by atoms with E-state index in [9.17, 15) is 4.79 Å². The number of hydrogen-bond donors (Lipinski definition) is 0. The summed E-state index contributed by atoms with van der Waals surface area (Å²) in [4.78, 5) is 13.2. The van der Waals surface area contributed by atoms with Gasteiger partial charge in [0.05, 0.1) is 69.8 Å². The van der Waals surface area contributed by atoms with Gasteiger partial charge in [0.1, 0.15) is 34.9 Å². The van der Waals surface area contributed by atoms with Crippen molar-refractivity contribution in [1.29, 1.82) is 0 Å². The molecule has 0 spiro atoms. The molecule has 12 heteroatoms. The summed E-state index contributed by atoms with van der Waals surface area (Å²) in [6, 6.07) is 44.2. The normalized spacial score (nSPS) is 19.1. The van der Waals surface area contributed by atoms with Gasteiger partial charge in [-0.15, -0.1) is 0 Å². The lowest BCUT2D eigenvalue weighted by molar-refractivity contribution is -0.151. The van der Waals surface area contributed by atoms with Crippen molar-refractivity contribution in [3.63, 3.8) is 0 Å². The van der Waals surface area contributed by atoms with Gasteiger partial charge in [-0.05, 0) is 276 Å². The molecule has 127 heavy (non-hydrogen) atoms. The number of allylic oxidation sites excluding steroid dienone is 1. The van der Waals surface area contributed by atoms with Gasteiger partial charge in [-0.3, -0.25) is 4.79 Å². The van der Waals surface area contributed by atoms with Crippen molar-refractivity contribution in [3.05, 3.63) is 156 Å². The molecule has 3 fully saturated rings. The third-order valence-corrected chi connectivity index (χ3v) is 28.5. The zero-order chi connectivity index (χ0) is 89.0. The Labute approximate surface area is 770 Å². The zero-order valence-electron chi connectivity index (χ0n) is 80.6. The van der Waals surface area contributed by atoms with E-state index in [0.717, 1.165) is 206 Å². The number of azo groups is 1. The molecule has 0 saturated heterocycles.